The maximum Gasteiger partial charge on any atom is 0.337 e. The minimum Gasteiger partial charge on any atom is -0.478 e. The van der Waals surface area contributed by atoms with E-state index in [9.17, 15) is 9.90 Å². The number of carbonyl (C=O) groups is 1. The molecule has 3 aromatic rings. The van der Waals surface area contributed by atoms with Crippen molar-refractivity contribution in [3.63, 3.8) is 0 Å². The summed E-state index contributed by atoms with van der Waals surface area (Å²) >= 11 is 7.81. The van der Waals surface area contributed by atoms with Crippen LogP contribution in [0.5, 0.6) is 0 Å². The van der Waals surface area contributed by atoms with Crippen LogP contribution in [0.25, 0.3) is 11.1 Å². The van der Waals surface area contributed by atoms with E-state index in [-0.39, 0.29) is 0 Å². The Morgan fingerprint density at radius 3 is 2.68 bits per heavy atom. The van der Waals surface area contributed by atoms with E-state index in [1.807, 2.05) is 48.7 Å². The fraction of sp³-hybridized carbons (Fsp3) is 0.273. The van der Waals surface area contributed by atoms with Gasteiger partial charge < -0.3 is 9.67 Å². The molecule has 0 aliphatic rings. The molecule has 0 aliphatic heterocycles. The monoisotopic (exact) mass is 414 g/mol. The molecule has 2 aromatic heterocycles. The topological polar surface area (TPSA) is 55.1 Å². The maximum absolute atomic E-state index is 12.0. The molecule has 3 rings (SSSR count). The van der Waals surface area contributed by atoms with Crippen molar-refractivity contribution in [3.8, 4) is 0 Å². The summed E-state index contributed by atoms with van der Waals surface area (Å²) in [4.78, 5) is 17.4. The molecular weight excluding hydrogens is 392 g/mol. The molecule has 0 bridgehead atoms. The third kappa shape index (κ3) is 4.37. The first-order valence-electron chi connectivity index (χ1n) is 9.29. The molecule has 0 amide bonds. The van der Waals surface area contributed by atoms with E-state index in [1.165, 1.54) is 11.3 Å². The predicted octanol–water partition coefficient (Wildman–Crippen LogP) is 6.00. The van der Waals surface area contributed by atoms with E-state index in [4.69, 9.17) is 11.6 Å². The van der Waals surface area contributed by atoms with Crippen LogP contribution in [0.3, 0.4) is 0 Å². The second-order valence-corrected chi connectivity index (χ2v) is 7.98. The van der Waals surface area contributed by atoms with Crippen LogP contribution in [0.15, 0.2) is 48.0 Å². The predicted molar refractivity (Wildman–Crippen MR) is 116 cm³/mol. The molecule has 0 fully saturated rings. The maximum atomic E-state index is 12.0. The number of carboxylic acid groups (broad SMARTS) is 1. The summed E-state index contributed by atoms with van der Waals surface area (Å²) in [6.07, 6.45) is 4.72. The number of hydrogen-bond acceptors (Lipinski definition) is 3. The molecule has 1 aromatic carbocycles. The highest BCUT2D eigenvalue weighted by Crippen LogP contribution is 2.31. The third-order valence-electron chi connectivity index (χ3n) is 4.72. The van der Waals surface area contributed by atoms with Gasteiger partial charge in [0.2, 0.25) is 0 Å². The molecule has 0 aliphatic carbocycles. The molecule has 0 saturated carbocycles. The highest BCUT2D eigenvalue weighted by Gasteiger charge is 2.20. The third-order valence-corrected chi connectivity index (χ3v) is 5.98. The van der Waals surface area contributed by atoms with Crippen molar-refractivity contribution >= 4 is 40.1 Å². The van der Waals surface area contributed by atoms with E-state index in [0.29, 0.717) is 22.7 Å². The Morgan fingerprint density at radius 1 is 1.25 bits per heavy atom. The lowest BCUT2D eigenvalue weighted by Crippen LogP contribution is -2.10. The van der Waals surface area contributed by atoms with Crippen molar-refractivity contribution in [2.24, 2.45) is 0 Å². The van der Waals surface area contributed by atoms with Gasteiger partial charge in [-0.1, -0.05) is 49.2 Å². The average molecular weight is 415 g/mol. The van der Waals surface area contributed by atoms with Crippen LogP contribution in [0.1, 0.15) is 48.6 Å². The summed E-state index contributed by atoms with van der Waals surface area (Å²) in [5.41, 5.74) is 2.83. The minimum atomic E-state index is -0.930. The van der Waals surface area contributed by atoms with Crippen LogP contribution in [-0.2, 0) is 17.8 Å². The second kappa shape index (κ2) is 9.22. The molecule has 146 valence electrons. The molecule has 0 spiro atoms. The highest BCUT2D eigenvalue weighted by atomic mass is 35.5. The molecule has 0 atom stereocenters. The molecule has 1 N–H and O–H groups in total. The highest BCUT2D eigenvalue weighted by molar-refractivity contribution is 7.11. The van der Waals surface area contributed by atoms with Crippen molar-refractivity contribution in [2.75, 3.05) is 0 Å². The van der Waals surface area contributed by atoms with Crippen LogP contribution >= 0.6 is 22.9 Å². The lowest BCUT2D eigenvalue weighted by Gasteiger charge is -2.15. The number of rotatable bonds is 8. The summed E-state index contributed by atoms with van der Waals surface area (Å²) in [6, 6.07) is 11.4. The summed E-state index contributed by atoms with van der Waals surface area (Å²) in [6.45, 7) is 4.56. The van der Waals surface area contributed by atoms with Gasteiger partial charge in [-0.2, -0.15) is 0 Å². The molecule has 6 heteroatoms. The van der Waals surface area contributed by atoms with E-state index in [0.717, 1.165) is 41.2 Å². The number of thiophene rings is 1. The Bertz CT molecular complexity index is 990. The number of unbranched alkanes of at least 4 members (excludes halogenated alkanes) is 1. The van der Waals surface area contributed by atoms with E-state index in [2.05, 4.69) is 16.5 Å². The Labute approximate surface area is 174 Å². The van der Waals surface area contributed by atoms with Crippen molar-refractivity contribution in [2.45, 2.75) is 39.7 Å². The Hall–Kier alpha value is -2.37. The first kappa shape index (κ1) is 20.4. The number of aromatic nitrogens is 2. The normalized spacial score (nSPS) is 12.1. The number of aryl methyl sites for hydroxylation is 1. The smallest absolute Gasteiger partial charge is 0.337 e. The van der Waals surface area contributed by atoms with Gasteiger partial charge in [0.1, 0.15) is 5.82 Å². The number of allylic oxidation sites excluding steroid dienone is 1. The summed E-state index contributed by atoms with van der Waals surface area (Å²) < 4.78 is 2.10. The number of carboxylic acids is 1. The molecule has 2 heterocycles. The fourth-order valence-electron chi connectivity index (χ4n) is 3.22. The van der Waals surface area contributed by atoms with Gasteiger partial charge in [-0.3, -0.25) is 0 Å². The Kier molecular flexibility index (Phi) is 6.70. The van der Waals surface area contributed by atoms with Gasteiger partial charge >= 0.3 is 5.97 Å². The van der Waals surface area contributed by atoms with Crippen molar-refractivity contribution in [1.29, 1.82) is 0 Å². The van der Waals surface area contributed by atoms with Crippen molar-refractivity contribution in [1.82, 2.24) is 9.55 Å². The van der Waals surface area contributed by atoms with Crippen LogP contribution in [-0.4, -0.2) is 20.6 Å². The van der Waals surface area contributed by atoms with E-state index >= 15 is 0 Å². The fourth-order valence-corrected chi connectivity index (χ4v) is 4.24. The first-order valence-corrected chi connectivity index (χ1v) is 10.5. The van der Waals surface area contributed by atoms with Crippen LogP contribution in [0, 0.1) is 0 Å². The first-order chi connectivity index (χ1) is 13.5. The van der Waals surface area contributed by atoms with Gasteiger partial charge in [0, 0.05) is 16.3 Å². The van der Waals surface area contributed by atoms with Gasteiger partial charge in [0.25, 0.3) is 0 Å². The number of hydrogen-bond donors (Lipinski definition) is 1. The second-order valence-electron chi connectivity index (χ2n) is 6.62. The van der Waals surface area contributed by atoms with Gasteiger partial charge in [0.15, 0.2) is 0 Å². The lowest BCUT2D eigenvalue weighted by molar-refractivity contribution is -0.130. The van der Waals surface area contributed by atoms with Gasteiger partial charge in [-0.15, -0.1) is 11.3 Å². The molecule has 4 nitrogen and oxygen atoms in total. The standard InChI is InChI=1S/C22H23ClN2O2S/c1-3-4-11-20-24-13-18(25(20)14-16-8-5-6-9-17(16)23)15(2)21(22(26)27)19-10-7-12-28-19/h5-10,12-13H,3-4,11,14H2,1-2H3,(H,26,27)/b21-15-. The SMILES string of the molecule is CCCCc1ncc(/C(C)=C(\C(=O)O)c2cccs2)n1Cc1ccccc1Cl. The number of aliphatic carboxylic acids is 1. The van der Waals surface area contributed by atoms with Gasteiger partial charge in [0.05, 0.1) is 24.0 Å². The minimum absolute atomic E-state index is 0.317. The molecule has 28 heavy (non-hydrogen) atoms. The number of nitrogens with zero attached hydrogens (tertiary/aromatic N) is 2. The van der Waals surface area contributed by atoms with E-state index < -0.39 is 5.97 Å². The molecular formula is C22H23ClN2O2S. The molecule has 0 unspecified atom stereocenters. The molecule has 0 saturated heterocycles. The summed E-state index contributed by atoms with van der Waals surface area (Å²) in [7, 11) is 0. The largest absolute Gasteiger partial charge is 0.478 e. The quantitative estimate of drug-likeness (QED) is 0.459. The van der Waals surface area contributed by atoms with Crippen molar-refractivity contribution < 1.29 is 9.90 Å². The summed E-state index contributed by atoms with van der Waals surface area (Å²) in [5, 5.41) is 12.4. The van der Waals surface area contributed by atoms with Gasteiger partial charge in [-0.25, -0.2) is 9.78 Å². The van der Waals surface area contributed by atoms with Crippen LogP contribution in [0.4, 0.5) is 0 Å². The summed E-state index contributed by atoms with van der Waals surface area (Å²) in [5.74, 6) is 0.0209. The zero-order valence-electron chi connectivity index (χ0n) is 16.0. The Balaban J connectivity index is 2.12. The zero-order chi connectivity index (χ0) is 20.1. The Morgan fingerprint density at radius 2 is 2.04 bits per heavy atom. The molecule has 0 radical (unpaired) electrons. The van der Waals surface area contributed by atoms with E-state index in [1.54, 1.807) is 6.20 Å². The average Bonchev–Trinajstić information content (AvgIpc) is 3.32. The number of halogens is 1. The van der Waals surface area contributed by atoms with Crippen LogP contribution in [0.2, 0.25) is 5.02 Å². The zero-order valence-corrected chi connectivity index (χ0v) is 17.6. The number of imidazole rings is 1. The van der Waals surface area contributed by atoms with Crippen molar-refractivity contribution in [3.05, 3.63) is 75.0 Å². The van der Waals surface area contributed by atoms with Gasteiger partial charge in [-0.05, 0) is 42.0 Å². The van der Waals surface area contributed by atoms with Crippen LogP contribution < -0.4 is 0 Å². The lowest BCUT2D eigenvalue weighted by atomic mass is 10.1. The number of benzene rings is 1.